The van der Waals surface area contributed by atoms with Crippen LogP contribution in [-0.4, -0.2) is 13.2 Å². The number of unbranched alkanes of at least 4 members (excludes halogenated alkanes) is 1. The molecule has 0 aromatic carbocycles. The lowest BCUT2D eigenvalue weighted by molar-refractivity contribution is 0.266. The van der Waals surface area contributed by atoms with Crippen LogP contribution in [0.4, 0.5) is 0 Å². The van der Waals surface area contributed by atoms with Gasteiger partial charge in [0.25, 0.3) is 0 Å². The smallest absolute Gasteiger partial charge is 0.144 e. The Hall–Kier alpha value is -0.0400. The molecule has 2 heterocycles. The van der Waals surface area contributed by atoms with E-state index in [0.717, 1.165) is 46.5 Å². The van der Waals surface area contributed by atoms with Crippen molar-refractivity contribution < 1.29 is 9.47 Å². The first-order valence-corrected chi connectivity index (χ1v) is 8.93. The summed E-state index contributed by atoms with van der Waals surface area (Å²) in [6.45, 7) is 1.45. The molecule has 0 bridgehead atoms. The summed E-state index contributed by atoms with van der Waals surface area (Å²) in [6, 6.07) is 0. The fraction of sp³-hybridized carbons (Fsp3) is 0.333. The number of hydrogen-bond acceptors (Lipinski definition) is 4. The van der Waals surface area contributed by atoms with E-state index in [-0.39, 0.29) is 0 Å². The Bertz CT molecular complexity index is 438. The topological polar surface area (TPSA) is 18.5 Å². The van der Waals surface area contributed by atoms with Crippen molar-refractivity contribution in [2.45, 2.75) is 12.8 Å². The summed E-state index contributed by atoms with van der Waals surface area (Å²) in [5, 5.41) is 8.05. The molecule has 2 aromatic rings. The maximum absolute atomic E-state index is 5.64. The van der Waals surface area contributed by atoms with Crippen LogP contribution in [0.5, 0.6) is 11.5 Å². The first-order chi connectivity index (χ1) is 8.77. The zero-order valence-corrected chi connectivity index (χ0v) is 14.3. The van der Waals surface area contributed by atoms with Gasteiger partial charge in [-0.3, -0.25) is 0 Å². The second-order valence-corrected chi connectivity index (χ2v) is 6.77. The molecule has 0 atom stereocenters. The third-order valence-electron chi connectivity index (χ3n) is 2.22. The molecule has 0 amide bonds. The lowest BCUT2D eigenvalue weighted by Gasteiger charge is -2.06. The van der Waals surface area contributed by atoms with Crippen LogP contribution >= 0.6 is 54.5 Å². The Morgan fingerprint density at radius 3 is 1.56 bits per heavy atom. The Kier molecular flexibility index (Phi) is 6.01. The zero-order valence-electron chi connectivity index (χ0n) is 9.53. The van der Waals surface area contributed by atoms with Gasteiger partial charge in [-0.1, -0.05) is 0 Å². The van der Waals surface area contributed by atoms with Crippen molar-refractivity contribution in [3.05, 3.63) is 30.5 Å². The van der Waals surface area contributed by atoms with Crippen LogP contribution in [-0.2, 0) is 0 Å². The monoisotopic (exact) mass is 410 g/mol. The van der Waals surface area contributed by atoms with Crippen LogP contribution in [0, 0.1) is 0 Å². The summed E-state index contributed by atoms with van der Waals surface area (Å²) < 4.78 is 13.3. The van der Waals surface area contributed by atoms with E-state index in [1.54, 1.807) is 22.7 Å². The van der Waals surface area contributed by atoms with Gasteiger partial charge in [-0.25, -0.2) is 0 Å². The quantitative estimate of drug-likeness (QED) is 0.554. The number of thiophene rings is 2. The normalized spacial score (nSPS) is 10.6. The van der Waals surface area contributed by atoms with Crippen LogP contribution in [0.25, 0.3) is 0 Å². The molecule has 0 radical (unpaired) electrons. The first kappa shape index (κ1) is 14.4. The van der Waals surface area contributed by atoms with Gasteiger partial charge in [0.15, 0.2) is 0 Å². The van der Waals surface area contributed by atoms with Crippen LogP contribution in [0.3, 0.4) is 0 Å². The molecule has 0 spiro atoms. The zero-order chi connectivity index (χ0) is 12.8. The molecule has 98 valence electrons. The van der Waals surface area contributed by atoms with Crippen LogP contribution in [0.1, 0.15) is 12.8 Å². The van der Waals surface area contributed by atoms with Gasteiger partial charge in [0.1, 0.15) is 11.5 Å². The van der Waals surface area contributed by atoms with E-state index in [2.05, 4.69) is 31.9 Å². The van der Waals surface area contributed by atoms with Gasteiger partial charge in [-0.05, 0) is 44.7 Å². The lowest BCUT2D eigenvalue weighted by Crippen LogP contribution is -2.02. The third-order valence-corrected chi connectivity index (χ3v) is 5.51. The minimum Gasteiger partial charge on any atom is -0.492 e. The number of hydrogen-bond donors (Lipinski definition) is 0. The molecule has 0 saturated carbocycles. The predicted octanol–water partition coefficient (Wildman–Crippen LogP) is 5.57. The van der Waals surface area contributed by atoms with Crippen molar-refractivity contribution >= 4 is 54.5 Å². The minimum atomic E-state index is 0.726. The number of halogens is 2. The van der Waals surface area contributed by atoms with E-state index in [1.165, 1.54) is 0 Å². The van der Waals surface area contributed by atoms with Crippen molar-refractivity contribution in [1.29, 1.82) is 0 Å². The Balaban J connectivity index is 1.57. The van der Waals surface area contributed by atoms with Crippen LogP contribution in [0.15, 0.2) is 30.5 Å². The Morgan fingerprint density at radius 1 is 0.778 bits per heavy atom. The summed E-state index contributed by atoms with van der Waals surface area (Å²) in [5.74, 6) is 1.86. The molecule has 0 N–H and O–H groups in total. The summed E-state index contributed by atoms with van der Waals surface area (Å²) in [4.78, 5) is 0. The Morgan fingerprint density at radius 2 is 1.22 bits per heavy atom. The minimum absolute atomic E-state index is 0.726. The molecule has 18 heavy (non-hydrogen) atoms. The molecule has 0 aliphatic heterocycles. The molecule has 2 rings (SSSR count). The maximum atomic E-state index is 5.64. The molecule has 0 fully saturated rings. The van der Waals surface area contributed by atoms with Crippen molar-refractivity contribution in [2.24, 2.45) is 0 Å². The second kappa shape index (κ2) is 7.53. The molecular weight excluding hydrogens is 400 g/mol. The highest BCUT2D eigenvalue weighted by molar-refractivity contribution is 9.11. The van der Waals surface area contributed by atoms with E-state index >= 15 is 0 Å². The molecule has 6 heteroatoms. The van der Waals surface area contributed by atoms with Gasteiger partial charge in [0, 0.05) is 21.5 Å². The van der Waals surface area contributed by atoms with Crippen LogP contribution < -0.4 is 9.47 Å². The van der Waals surface area contributed by atoms with E-state index in [0.29, 0.717) is 0 Å². The first-order valence-electron chi connectivity index (χ1n) is 5.46. The number of ether oxygens (including phenoxy) is 2. The van der Waals surface area contributed by atoms with Crippen molar-refractivity contribution in [3.8, 4) is 11.5 Å². The standard InChI is InChI=1S/C12H12Br2O2S2/c13-9-5-17-7-11(9)15-3-1-2-4-16-12-8-18-6-10(12)14/h5-8H,1-4H2. The molecular formula is C12H12Br2O2S2. The molecule has 0 aliphatic carbocycles. The highest BCUT2D eigenvalue weighted by Gasteiger charge is 2.02. The molecule has 0 saturated heterocycles. The molecule has 2 nitrogen and oxygen atoms in total. The number of rotatable bonds is 7. The highest BCUT2D eigenvalue weighted by Crippen LogP contribution is 2.30. The lowest BCUT2D eigenvalue weighted by atomic mass is 10.3. The Labute approximate surface area is 131 Å². The van der Waals surface area contributed by atoms with E-state index < -0.39 is 0 Å². The predicted molar refractivity (Wildman–Crippen MR) is 84.3 cm³/mol. The van der Waals surface area contributed by atoms with Crippen LogP contribution in [0.2, 0.25) is 0 Å². The summed E-state index contributed by atoms with van der Waals surface area (Å²) >= 11 is 10.1. The fourth-order valence-corrected chi connectivity index (χ4v) is 3.97. The maximum Gasteiger partial charge on any atom is 0.144 e. The molecule has 2 aromatic heterocycles. The SMILES string of the molecule is Brc1cscc1OCCCCOc1cscc1Br. The van der Waals surface area contributed by atoms with Crippen molar-refractivity contribution in [3.63, 3.8) is 0 Å². The van der Waals surface area contributed by atoms with Gasteiger partial charge >= 0.3 is 0 Å². The summed E-state index contributed by atoms with van der Waals surface area (Å²) in [6.07, 6.45) is 1.98. The van der Waals surface area contributed by atoms with Gasteiger partial charge in [-0.15, -0.1) is 22.7 Å². The molecule has 0 unspecified atom stereocenters. The van der Waals surface area contributed by atoms with Crippen molar-refractivity contribution in [1.82, 2.24) is 0 Å². The average Bonchev–Trinajstić information content (AvgIpc) is 2.94. The van der Waals surface area contributed by atoms with E-state index in [4.69, 9.17) is 9.47 Å². The summed E-state index contributed by atoms with van der Waals surface area (Å²) in [5.41, 5.74) is 0. The average molecular weight is 412 g/mol. The van der Waals surface area contributed by atoms with E-state index in [9.17, 15) is 0 Å². The highest BCUT2D eigenvalue weighted by atomic mass is 79.9. The van der Waals surface area contributed by atoms with Crippen molar-refractivity contribution in [2.75, 3.05) is 13.2 Å². The van der Waals surface area contributed by atoms with Gasteiger partial charge < -0.3 is 9.47 Å². The van der Waals surface area contributed by atoms with Gasteiger partial charge in [0.05, 0.1) is 22.2 Å². The summed E-state index contributed by atoms with van der Waals surface area (Å²) in [7, 11) is 0. The molecule has 0 aliphatic rings. The van der Waals surface area contributed by atoms with Gasteiger partial charge in [-0.2, -0.15) is 0 Å². The third kappa shape index (κ3) is 4.26. The second-order valence-electron chi connectivity index (χ2n) is 3.57. The van der Waals surface area contributed by atoms with Gasteiger partial charge in [0.2, 0.25) is 0 Å². The largest absolute Gasteiger partial charge is 0.492 e. The van der Waals surface area contributed by atoms with E-state index in [1.807, 2.05) is 21.5 Å². The fourth-order valence-electron chi connectivity index (χ4n) is 1.31.